The number of pyridine rings is 1. The Bertz CT molecular complexity index is 1020. The van der Waals surface area contributed by atoms with E-state index < -0.39 is 11.8 Å². The van der Waals surface area contributed by atoms with Gasteiger partial charge in [0.2, 0.25) is 0 Å². The van der Waals surface area contributed by atoms with Crippen LogP contribution in [0.4, 0.5) is 10.8 Å². The van der Waals surface area contributed by atoms with Gasteiger partial charge in [0.25, 0.3) is 0 Å². The number of anilines is 2. The lowest BCUT2D eigenvalue weighted by Gasteiger charge is -2.14. The van der Waals surface area contributed by atoms with Crippen molar-refractivity contribution >= 4 is 45.7 Å². The topological polar surface area (TPSA) is 93.2 Å². The van der Waals surface area contributed by atoms with Gasteiger partial charge in [0.05, 0.1) is 22.7 Å². The van der Waals surface area contributed by atoms with Crippen LogP contribution in [0.25, 0.3) is 0 Å². The Morgan fingerprint density at radius 3 is 2.67 bits per heavy atom. The molecule has 2 heterocycles. The molecule has 0 radical (unpaired) electrons. The van der Waals surface area contributed by atoms with E-state index in [9.17, 15) is 9.59 Å². The van der Waals surface area contributed by atoms with Crippen molar-refractivity contribution in [3.8, 4) is 5.75 Å². The molecule has 1 aromatic carbocycles. The number of carbonyl (C=O) groups excluding carboxylic acids is 2. The van der Waals surface area contributed by atoms with E-state index in [2.05, 4.69) is 20.6 Å². The molecule has 0 atom stereocenters. The van der Waals surface area contributed by atoms with Crippen molar-refractivity contribution in [3.63, 3.8) is 0 Å². The van der Waals surface area contributed by atoms with Gasteiger partial charge in [0.15, 0.2) is 5.13 Å². The van der Waals surface area contributed by atoms with Gasteiger partial charge in [-0.1, -0.05) is 49.1 Å². The van der Waals surface area contributed by atoms with Crippen LogP contribution < -0.4 is 15.4 Å². The zero-order chi connectivity index (χ0) is 21.5. The highest BCUT2D eigenvalue weighted by atomic mass is 32.2. The normalized spacial score (nSPS) is 10.7. The lowest BCUT2D eigenvalue weighted by molar-refractivity contribution is -0.133. The van der Waals surface area contributed by atoms with E-state index in [0.717, 1.165) is 14.8 Å². The number of hydrogen-bond acceptors (Lipinski definition) is 7. The van der Waals surface area contributed by atoms with Crippen molar-refractivity contribution < 1.29 is 14.3 Å². The van der Waals surface area contributed by atoms with E-state index in [1.165, 1.54) is 23.1 Å². The first-order valence-corrected chi connectivity index (χ1v) is 10.9. The first kappa shape index (κ1) is 21.8. The average molecular weight is 443 g/mol. The Morgan fingerprint density at radius 2 is 1.93 bits per heavy atom. The molecule has 3 rings (SSSR count). The number of nitrogens with zero attached hydrogens (tertiary/aromatic N) is 2. The fourth-order valence-corrected chi connectivity index (χ4v) is 4.09. The molecule has 0 unspecified atom stereocenters. The number of aromatic nitrogens is 2. The number of rotatable bonds is 7. The van der Waals surface area contributed by atoms with E-state index in [0.29, 0.717) is 29.1 Å². The van der Waals surface area contributed by atoms with Crippen LogP contribution in [0.3, 0.4) is 0 Å². The Hall–Kier alpha value is -2.91. The lowest BCUT2D eigenvalue weighted by atomic mass is 10.2. The minimum absolute atomic E-state index is 0.334. The predicted molar refractivity (Wildman–Crippen MR) is 119 cm³/mol. The summed E-state index contributed by atoms with van der Waals surface area (Å²) in [5, 5.41) is 6.31. The summed E-state index contributed by atoms with van der Waals surface area (Å²) < 4.78 is 6.63. The highest BCUT2D eigenvalue weighted by molar-refractivity contribution is 8.01. The molecule has 0 bridgehead atoms. The van der Waals surface area contributed by atoms with Crippen molar-refractivity contribution in [2.24, 2.45) is 5.92 Å². The molecule has 0 saturated heterocycles. The Kier molecular flexibility index (Phi) is 7.42. The fourth-order valence-electron chi connectivity index (χ4n) is 2.32. The van der Waals surface area contributed by atoms with Crippen LogP contribution in [0, 0.1) is 12.8 Å². The van der Waals surface area contributed by atoms with Crippen LogP contribution in [0.5, 0.6) is 5.75 Å². The minimum atomic E-state index is -0.797. The molecule has 156 valence electrons. The van der Waals surface area contributed by atoms with E-state index >= 15 is 0 Å². The van der Waals surface area contributed by atoms with Gasteiger partial charge in [-0.25, -0.2) is 9.97 Å². The molecule has 3 aromatic rings. The molecule has 0 aliphatic rings. The van der Waals surface area contributed by atoms with Crippen LogP contribution in [0.15, 0.2) is 58.0 Å². The number of amides is 2. The van der Waals surface area contributed by atoms with Crippen molar-refractivity contribution in [1.82, 2.24) is 9.97 Å². The Balaban J connectivity index is 1.61. The highest BCUT2D eigenvalue weighted by Gasteiger charge is 2.18. The Labute approximate surface area is 183 Å². The third kappa shape index (κ3) is 6.30. The van der Waals surface area contributed by atoms with Crippen LogP contribution in [0.1, 0.15) is 19.4 Å². The van der Waals surface area contributed by atoms with Crippen LogP contribution in [0.2, 0.25) is 0 Å². The third-order valence-corrected chi connectivity index (χ3v) is 5.68. The summed E-state index contributed by atoms with van der Waals surface area (Å²) in [7, 11) is 0. The molecular formula is C21H22N4O3S2. The van der Waals surface area contributed by atoms with Crippen molar-refractivity contribution in [2.45, 2.75) is 30.0 Å². The van der Waals surface area contributed by atoms with E-state index in [-0.39, 0.29) is 0 Å². The van der Waals surface area contributed by atoms with Gasteiger partial charge in [-0.2, -0.15) is 0 Å². The fraction of sp³-hybridized carbons (Fsp3) is 0.238. The highest BCUT2D eigenvalue weighted by Crippen LogP contribution is 2.32. The largest absolute Gasteiger partial charge is 0.491 e. The van der Waals surface area contributed by atoms with Gasteiger partial charge in [0.1, 0.15) is 10.8 Å². The van der Waals surface area contributed by atoms with Gasteiger partial charge < -0.3 is 10.1 Å². The van der Waals surface area contributed by atoms with Crippen molar-refractivity contribution in [1.29, 1.82) is 0 Å². The zero-order valence-corrected chi connectivity index (χ0v) is 18.5. The summed E-state index contributed by atoms with van der Waals surface area (Å²) in [6.45, 7) is 6.52. The third-order valence-electron chi connectivity index (χ3n) is 3.71. The number of thiazole rings is 1. The molecule has 2 N–H and O–H groups in total. The summed E-state index contributed by atoms with van der Waals surface area (Å²) in [6.07, 6.45) is 3.34. The van der Waals surface area contributed by atoms with Crippen molar-refractivity contribution in [2.75, 3.05) is 17.2 Å². The molecule has 7 nitrogen and oxygen atoms in total. The second-order valence-electron chi connectivity index (χ2n) is 6.87. The number of nitrogens with one attached hydrogen (secondary N) is 2. The molecule has 0 spiro atoms. The molecule has 2 aromatic heterocycles. The van der Waals surface area contributed by atoms with Gasteiger partial charge in [0, 0.05) is 6.20 Å². The molecule has 0 aliphatic carbocycles. The maximum Gasteiger partial charge on any atom is 0.315 e. The summed E-state index contributed by atoms with van der Waals surface area (Å²) in [5.74, 6) is -0.718. The monoisotopic (exact) mass is 442 g/mol. The van der Waals surface area contributed by atoms with Gasteiger partial charge in [-0.3, -0.25) is 14.9 Å². The number of aryl methyl sites for hydroxylation is 1. The number of carbonyl (C=O) groups is 2. The van der Waals surface area contributed by atoms with Crippen LogP contribution in [-0.4, -0.2) is 28.4 Å². The first-order valence-electron chi connectivity index (χ1n) is 9.31. The maximum absolute atomic E-state index is 12.4. The summed E-state index contributed by atoms with van der Waals surface area (Å²) >= 11 is 2.71. The van der Waals surface area contributed by atoms with Gasteiger partial charge in [-0.15, -0.1) is 0 Å². The second kappa shape index (κ2) is 10.2. The molecule has 2 amide bonds. The first-order chi connectivity index (χ1) is 14.4. The zero-order valence-electron chi connectivity index (χ0n) is 16.8. The average Bonchev–Trinajstić information content (AvgIpc) is 3.15. The number of ether oxygens (including phenoxy) is 1. The van der Waals surface area contributed by atoms with Crippen LogP contribution >= 0.6 is 23.1 Å². The van der Waals surface area contributed by atoms with Gasteiger partial charge in [-0.05, 0) is 42.7 Å². The van der Waals surface area contributed by atoms with Crippen LogP contribution in [-0.2, 0) is 9.59 Å². The quantitative estimate of drug-likeness (QED) is 0.519. The summed E-state index contributed by atoms with van der Waals surface area (Å²) in [5.41, 5.74) is 1.45. The Morgan fingerprint density at radius 1 is 1.13 bits per heavy atom. The smallest absolute Gasteiger partial charge is 0.315 e. The number of hydrogen-bond donors (Lipinski definition) is 2. The maximum atomic E-state index is 12.4. The molecule has 0 fully saturated rings. The van der Waals surface area contributed by atoms with Crippen molar-refractivity contribution in [3.05, 3.63) is 54.4 Å². The van der Waals surface area contributed by atoms with E-state index in [4.69, 9.17) is 4.74 Å². The standard InChI is InChI=1S/C21H22N4O3S2/c1-13(2)12-28-16-10-14(3)7-8-15(16)24-19(26)20(27)25-21-23-11-18(30-21)29-17-6-4-5-9-22-17/h4-11,13H,12H2,1-3H3,(H,24,26)(H,23,25,27). The SMILES string of the molecule is Cc1ccc(NC(=O)C(=O)Nc2ncc(Sc3ccccn3)s2)c(OCC(C)C)c1. The minimum Gasteiger partial charge on any atom is -0.491 e. The molecule has 0 saturated carbocycles. The van der Waals surface area contributed by atoms with E-state index in [1.54, 1.807) is 18.5 Å². The second-order valence-corrected chi connectivity index (χ2v) is 9.22. The van der Waals surface area contributed by atoms with E-state index in [1.807, 2.05) is 51.1 Å². The molecular weight excluding hydrogens is 420 g/mol. The summed E-state index contributed by atoms with van der Waals surface area (Å²) in [6, 6.07) is 11.0. The summed E-state index contributed by atoms with van der Waals surface area (Å²) in [4.78, 5) is 33.1. The predicted octanol–water partition coefficient (Wildman–Crippen LogP) is 4.61. The lowest BCUT2D eigenvalue weighted by Crippen LogP contribution is -2.29. The molecule has 30 heavy (non-hydrogen) atoms. The van der Waals surface area contributed by atoms with Gasteiger partial charge >= 0.3 is 11.8 Å². The molecule has 0 aliphatic heterocycles. The number of benzene rings is 1. The molecule has 9 heteroatoms.